The van der Waals surface area contributed by atoms with Crippen LogP contribution >= 0.6 is 0 Å². The molecule has 0 aliphatic carbocycles. The highest BCUT2D eigenvalue weighted by Gasteiger charge is 2.06. The second-order valence-corrected chi connectivity index (χ2v) is 4.32. The fourth-order valence-corrected chi connectivity index (χ4v) is 1.51. The summed E-state index contributed by atoms with van der Waals surface area (Å²) in [6.07, 6.45) is 3.16. The Morgan fingerprint density at radius 1 is 1.35 bits per heavy atom. The molecule has 2 rings (SSSR count). The van der Waals surface area contributed by atoms with E-state index >= 15 is 0 Å². The van der Waals surface area contributed by atoms with Gasteiger partial charge in [-0.2, -0.15) is 0 Å². The van der Waals surface area contributed by atoms with E-state index in [0.717, 1.165) is 24.4 Å². The monoisotopic (exact) mass is 234 g/mol. The predicted octanol–water partition coefficient (Wildman–Crippen LogP) is 1.10. The molecule has 0 aliphatic rings. The first kappa shape index (κ1) is 11.8. The van der Waals surface area contributed by atoms with E-state index < -0.39 is 0 Å². The molecule has 2 heterocycles. The molecular weight excluding hydrogens is 216 g/mol. The van der Waals surface area contributed by atoms with E-state index in [1.165, 1.54) is 6.33 Å². The molecule has 17 heavy (non-hydrogen) atoms. The lowest BCUT2D eigenvalue weighted by molar-refractivity contribution is 0.284. The molecule has 0 atom stereocenters. The van der Waals surface area contributed by atoms with Crippen molar-refractivity contribution in [2.45, 2.75) is 19.9 Å². The molecule has 2 N–H and O–H groups in total. The van der Waals surface area contributed by atoms with Gasteiger partial charge in [0.05, 0.1) is 6.33 Å². The van der Waals surface area contributed by atoms with Gasteiger partial charge in [-0.15, -0.1) is 0 Å². The summed E-state index contributed by atoms with van der Waals surface area (Å²) in [5, 5.41) is 3.30. The highest BCUT2D eigenvalue weighted by molar-refractivity contribution is 5.81. The third-order valence-corrected chi connectivity index (χ3v) is 2.86. The van der Waals surface area contributed by atoms with E-state index in [9.17, 15) is 0 Å². The number of aromatic nitrogens is 4. The number of fused-ring (bicyclic) bond motifs is 1. The summed E-state index contributed by atoms with van der Waals surface area (Å²) in [6, 6.07) is 0.550. The van der Waals surface area contributed by atoms with Crippen LogP contribution in [0.5, 0.6) is 0 Å². The maximum atomic E-state index is 4.21. The minimum absolute atomic E-state index is 0.550. The van der Waals surface area contributed by atoms with Gasteiger partial charge in [0.25, 0.3) is 0 Å². The van der Waals surface area contributed by atoms with Crippen LogP contribution in [-0.2, 0) is 0 Å². The molecule has 6 heteroatoms. The van der Waals surface area contributed by atoms with E-state index in [0.29, 0.717) is 11.7 Å². The molecule has 0 fully saturated rings. The fourth-order valence-electron chi connectivity index (χ4n) is 1.51. The van der Waals surface area contributed by atoms with Crippen LogP contribution < -0.4 is 5.32 Å². The van der Waals surface area contributed by atoms with Crippen LogP contribution in [0.1, 0.15) is 13.8 Å². The smallest absolute Gasteiger partial charge is 0.182 e. The standard InChI is InChI=1S/C11H18N6/c1-8(2)17(3)5-4-12-10-9-11(14-6-13-9)16-7-15-10/h6-8H,4-5H2,1-3H3,(H2,12,13,14,15,16). The molecule has 0 saturated heterocycles. The molecule has 0 radical (unpaired) electrons. The van der Waals surface area contributed by atoms with Gasteiger partial charge in [-0.25, -0.2) is 15.0 Å². The number of rotatable bonds is 5. The molecular formula is C11H18N6. The molecule has 0 unspecified atom stereocenters. The van der Waals surface area contributed by atoms with E-state index in [1.807, 2.05) is 0 Å². The van der Waals surface area contributed by atoms with Gasteiger partial charge in [0.2, 0.25) is 0 Å². The SMILES string of the molecule is CC(C)N(C)CCNc1ncnc2nc[nH]c12. The summed E-state index contributed by atoms with van der Waals surface area (Å²) in [7, 11) is 2.11. The maximum absolute atomic E-state index is 4.21. The van der Waals surface area contributed by atoms with Crippen molar-refractivity contribution in [1.82, 2.24) is 24.8 Å². The number of hydrogen-bond donors (Lipinski definition) is 2. The van der Waals surface area contributed by atoms with Crippen molar-refractivity contribution in [3.05, 3.63) is 12.7 Å². The Kier molecular flexibility index (Phi) is 3.53. The first-order valence-electron chi connectivity index (χ1n) is 5.76. The summed E-state index contributed by atoms with van der Waals surface area (Å²) in [4.78, 5) is 17.7. The lowest BCUT2D eigenvalue weighted by Crippen LogP contribution is -2.31. The number of likely N-dealkylation sites (N-methyl/N-ethyl adjacent to an activating group) is 1. The largest absolute Gasteiger partial charge is 0.367 e. The molecule has 92 valence electrons. The van der Waals surface area contributed by atoms with Crippen LogP contribution in [-0.4, -0.2) is 51.0 Å². The van der Waals surface area contributed by atoms with Crippen molar-refractivity contribution in [3.63, 3.8) is 0 Å². The van der Waals surface area contributed by atoms with Crippen molar-refractivity contribution in [2.75, 3.05) is 25.5 Å². The van der Waals surface area contributed by atoms with Gasteiger partial charge in [0.15, 0.2) is 11.5 Å². The number of nitrogens with zero attached hydrogens (tertiary/aromatic N) is 4. The summed E-state index contributed by atoms with van der Waals surface area (Å²) < 4.78 is 0. The summed E-state index contributed by atoms with van der Waals surface area (Å²) >= 11 is 0. The summed E-state index contributed by atoms with van der Waals surface area (Å²) in [5.41, 5.74) is 1.56. The fraction of sp³-hybridized carbons (Fsp3) is 0.545. The Bertz CT molecular complexity index is 478. The number of H-pyrrole nitrogens is 1. The normalized spacial score (nSPS) is 11.6. The van der Waals surface area contributed by atoms with Crippen molar-refractivity contribution < 1.29 is 0 Å². The molecule has 0 spiro atoms. The number of nitrogens with one attached hydrogen (secondary N) is 2. The van der Waals surface area contributed by atoms with Crippen molar-refractivity contribution in [3.8, 4) is 0 Å². The van der Waals surface area contributed by atoms with Gasteiger partial charge in [-0.1, -0.05) is 0 Å². The summed E-state index contributed by atoms with van der Waals surface area (Å²) in [6.45, 7) is 6.17. The molecule has 6 nitrogen and oxygen atoms in total. The lowest BCUT2D eigenvalue weighted by atomic mass is 10.3. The Morgan fingerprint density at radius 2 is 2.18 bits per heavy atom. The van der Waals surface area contributed by atoms with Gasteiger partial charge in [-0.05, 0) is 20.9 Å². The van der Waals surface area contributed by atoms with Crippen LogP contribution in [0.2, 0.25) is 0 Å². The highest BCUT2D eigenvalue weighted by atomic mass is 15.1. The number of aromatic amines is 1. The Hall–Kier alpha value is -1.69. The predicted molar refractivity (Wildman–Crippen MR) is 67.9 cm³/mol. The van der Waals surface area contributed by atoms with Crippen LogP contribution in [0.3, 0.4) is 0 Å². The number of hydrogen-bond acceptors (Lipinski definition) is 5. The van der Waals surface area contributed by atoms with Gasteiger partial charge in [0, 0.05) is 19.1 Å². The van der Waals surface area contributed by atoms with Crippen LogP contribution in [0.15, 0.2) is 12.7 Å². The highest BCUT2D eigenvalue weighted by Crippen LogP contribution is 2.13. The molecule has 0 amide bonds. The third-order valence-electron chi connectivity index (χ3n) is 2.86. The molecule has 0 aromatic carbocycles. The van der Waals surface area contributed by atoms with Crippen molar-refractivity contribution in [2.24, 2.45) is 0 Å². The van der Waals surface area contributed by atoms with Gasteiger partial charge in [0.1, 0.15) is 11.8 Å². The summed E-state index contributed by atoms with van der Waals surface area (Å²) in [5.74, 6) is 0.810. The zero-order valence-electron chi connectivity index (χ0n) is 10.4. The van der Waals surface area contributed by atoms with E-state index in [4.69, 9.17) is 0 Å². The molecule has 0 saturated carbocycles. The number of anilines is 1. The van der Waals surface area contributed by atoms with Crippen LogP contribution in [0.25, 0.3) is 11.2 Å². The first-order chi connectivity index (χ1) is 8.18. The number of imidazole rings is 1. The van der Waals surface area contributed by atoms with Gasteiger partial charge in [-0.3, -0.25) is 0 Å². The second kappa shape index (κ2) is 5.09. The Morgan fingerprint density at radius 3 is 2.94 bits per heavy atom. The molecule has 2 aromatic heterocycles. The average molecular weight is 234 g/mol. The van der Waals surface area contributed by atoms with Crippen molar-refractivity contribution in [1.29, 1.82) is 0 Å². The van der Waals surface area contributed by atoms with E-state index in [1.54, 1.807) is 6.33 Å². The zero-order valence-corrected chi connectivity index (χ0v) is 10.4. The Balaban J connectivity index is 1.97. The van der Waals surface area contributed by atoms with Gasteiger partial charge >= 0.3 is 0 Å². The van der Waals surface area contributed by atoms with Gasteiger partial charge < -0.3 is 15.2 Å². The minimum atomic E-state index is 0.550. The van der Waals surface area contributed by atoms with Crippen LogP contribution in [0.4, 0.5) is 5.82 Å². The quantitative estimate of drug-likeness (QED) is 0.811. The second-order valence-electron chi connectivity index (χ2n) is 4.32. The zero-order chi connectivity index (χ0) is 12.3. The topological polar surface area (TPSA) is 69.7 Å². The first-order valence-corrected chi connectivity index (χ1v) is 5.76. The third kappa shape index (κ3) is 2.71. The van der Waals surface area contributed by atoms with E-state index in [2.05, 4.69) is 51.0 Å². The molecule has 0 bridgehead atoms. The molecule has 2 aromatic rings. The van der Waals surface area contributed by atoms with Crippen molar-refractivity contribution >= 4 is 17.0 Å². The van der Waals surface area contributed by atoms with E-state index in [-0.39, 0.29) is 0 Å². The average Bonchev–Trinajstić information content (AvgIpc) is 2.77. The lowest BCUT2D eigenvalue weighted by Gasteiger charge is -2.21. The maximum Gasteiger partial charge on any atom is 0.182 e. The van der Waals surface area contributed by atoms with Crippen LogP contribution in [0, 0.1) is 0 Å². The Labute approximate surface area is 100 Å². The molecule has 0 aliphatic heterocycles. The minimum Gasteiger partial charge on any atom is -0.367 e.